The summed E-state index contributed by atoms with van der Waals surface area (Å²) in [6.45, 7) is 14.4. The molecule has 0 saturated carbocycles. The lowest BCUT2D eigenvalue weighted by atomic mass is 10.1. The molecule has 0 N–H and O–H groups in total. The predicted octanol–water partition coefficient (Wildman–Crippen LogP) is 3.10. The highest BCUT2D eigenvalue weighted by molar-refractivity contribution is 5.23. The molecule has 100 valence electrons. The normalized spacial score (nSPS) is 24.3. The van der Waals surface area contributed by atoms with Gasteiger partial charge in [-0.2, -0.15) is 0 Å². The van der Waals surface area contributed by atoms with Crippen molar-refractivity contribution in [2.45, 2.75) is 38.9 Å². The minimum atomic E-state index is -0.948. The average Bonchev–Trinajstić information content (AvgIpc) is 2.53. The molecular weight excluding hydrogens is 227 g/mol. The summed E-state index contributed by atoms with van der Waals surface area (Å²) in [5.41, 5.74) is 2.06. The highest BCUT2D eigenvalue weighted by atomic mass is 19.1. The third-order valence-corrected chi connectivity index (χ3v) is 3.79. The van der Waals surface area contributed by atoms with Gasteiger partial charge < -0.3 is 9.80 Å². The van der Waals surface area contributed by atoms with E-state index in [9.17, 15) is 4.39 Å². The molecule has 2 aliphatic rings. The van der Waals surface area contributed by atoms with E-state index in [1.165, 1.54) is 5.57 Å². The van der Waals surface area contributed by atoms with Crippen LogP contribution in [0, 0.1) is 0 Å². The highest BCUT2D eigenvalue weighted by Crippen LogP contribution is 2.30. The van der Waals surface area contributed by atoms with Crippen molar-refractivity contribution in [1.82, 2.24) is 9.80 Å². The molecule has 1 saturated heterocycles. The van der Waals surface area contributed by atoms with Crippen LogP contribution in [-0.4, -0.2) is 41.6 Å². The second kappa shape index (κ2) is 5.17. The number of hydrogen-bond acceptors (Lipinski definition) is 2. The number of hydrogen-bond donors (Lipinski definition) is 0. The Morgan fingerprint density at radius 3 is 3.00 bits per heavy atom. The maximum atomic E-state index is 14.1. The van der Waals surface area contributed by atoms with Crippen molar-refractivity contribution < 1.29 is 4.39 Å². The summed E-state index contributed by atoms with van der Waals surface area (Å²) >= 11 is 0. The van der Waals surface area contributed by atoms with Crippen molar-refractivity contribution in [3.05, 3.63) is 36.2 Å². The van der Waals surface area contributed by atoms with Crippen LogP contribution in [0.15, 0.2) is 36.2 Å². The van der Waals surface area contributed by atoms with Crippen molar-refractivity contribution in [2.24, 2.45) is 0 Å². The van der Waals surface area contributed by atoms with E-state index in [1.54, 1.807) is 0 Å². The molecule has 0 amide bonds. The molecule has 2 aliphatic heterocycles. The van der Waals surface area contributed by atoms with Crippen LogP contribution in [0.4, 0.5) is 4.39 Å². The Morgan fingerprint density at radius 2 is 2.33 bits per heavy atom. The highest BCUT2D eigenvalue weighted by Gasteiger charge is 2.35. The zero-order valence-electron chi connectivity index (χ0n) is 11.5. The smallest absolute Gasteiger partial charge is 0.138 e. The van der Waals surface area contributed by atoms with Crippen LogP contribution in [0.1, 0.15) is 26.7 Å². The summed E-state index contributed by atoms with van der Waals surface area (Å²) in [7, 11) is 0. The van der Waals surface area contributed by atoms with Crippen LogP contribution in [0.5, 0.6) is 0 Å². The van der Waals surface area contributed by atoms with Gasteiger partial charge in [0.2, 0.25) is 0 Å². The van der Waals surface area contributed by atoms with E-state index >= 15 is 0 Å². The predicted molar refractivity (Wildman–Crippen MR) is 73.9 cm³/mol. The van der Waals surface area contributed by atoms with E-state index in [-0.39, 0.29) is 0 Å². The van der Waals surface area contributed by atoms with Gasteiger partial charge >= 0.3 is 0 Å². The van der Waals surface area contributed by atoms with Crippen molar-refractivity contribution in [1.29, 1.82) is 0 Å². The molecule has 0 spiro atoms. The maximum absolute atomic E-state index is 14.1. The van der Waals surface area contributed by atoms with E-state index in [4.69, 9.17) is 0 Å². The molecule has 0 aromatic heterocycles. The Hall–Kier alpha value is -1.25. The van der Waals surface area contributed by atoms with Gasteiger partial charge in [-0.25, -0.2) is 4.39 Å². The van der Waals surface area contributed by atoms with E-state index in [0.29, 0.717) is 18.2 Å². The molecule has 2 bridgehead atoms. The molecule has 18 heavy (non-hydrogen) atoms. The Kier molecular flexibility index (Phi) is 3.79. The minimum absolute atomic E-state index is 0.291. The van der Waals surface area contributed by atoms with Crippen LogP contribution in [0.3, 0.4) is 0 Å². The second-order valence-electron chi connectivity index (χ2n) is 5.41. The summed E-state index contributed by atoms with van der Waals surface area (Å²) < 4.78 is 14.1. The molecule has 0 aromatic carbocycles. The van der Waals surface area contributed by atoms with Crippen molar-refractivity contribution in [3.8, 4) is 0 Å². The molecule has 2 unspecified atom stereocenters. The van der Waals surface area contributed by atoms with Gasteiger partial charge in [0.05, 0.1) is 18.4 Å². The van der Waals surface area contributed by atoms with Crippen LogP contribution >= 0.6 is 0 Å². The SMILES string of the molecule is C=C(CCC)C(F)CN1C(=C)N2CC(C)=CC1C2. The molecule has 2 atom stereocenters. The number of nitrogens with zero attached hydrogens (tertiary/aromatic N) is 2. The molecule has 0 radical (unpaired) electrons. The van der Waals surface area contributed by atoms with E-state index in [2.05, 4.69) is 42.9 Å². The van der Waals surface area contributed by atoms with E-state index in [1.807, 2.05) is 0 Å². The number of fused-ring (bicyclic) bond motifs is 2. The Morgan fingerprint density at radius 1 is 1.61 bits per heavy atom. The number of rotatable bonds is 5. The first-order chi connectivity index (χ1) is 8.52. The summed E-state index contributed by atoms with van der Waals surface area (Å²) in [5.74, 6) is 0.958. The number of halogens is 1. The maximum Gasteiger partial charge on any atom is 0.138 e. The molecule has 2 heterocycles. The van der Waals surface area contributed by atoms with Crippen molar-refractivity contribution in [2.75, 3.05) is 19.6 Å². The van der Waals surface area contributed by atoms with E-state index < -0.39 is 6.17 Å². The third kappa shape index (κ3) is 2.45. The lowest BCUT2D eigenvalue weighted by Gasteiger charge is -2.26. The Bertz CT molecular complexity index is 386. The molecule has 1 fully saturated rings. The quantitative estimate of drug-likeness (QED) is 0.692. The zero-order chi connectivity index (χ0) is 13.3. The summed E-state index contributed by atoms with van der Waals surface area (Å²) in [4.78, 5) is 4.32. The monoisotopic (exact) mass is 250 g/mol. The minimum Gasteiger partial charge on any atom is -0.352 e. The van der Waals surface area contributed by atoms with Crippen LogP contribution in [0.25, 0.3) is 0 Å². The molecular formula is C15H23FN2. The van der Waals surface area contributed by atoms with Gasteiger partial charge in [-0.15, -0.1) is 0 Å². The first-order valence-corrected chi connectivity index (χ1v) is 6.72. The molecule has 2 rings (SSSR count). The van der Waals surface area contributed by atoms with Gasteiger partial charge in [0.1, 0.15) is 6.17 Å². The molecule has 2 nitrogen and oxygen atoms in total. The second-order valence-corrected chi connectivity index (χ2v) is 5.41. The fourth-order valence-corrected chi connectivity index (χ4v) is 2.80. The zero-order valence-corrected chi connectivity index (χ0v) is 11.5. The Balaban J connectivity index is 2.01. The largest absolute Gasteiger partial charge is 0.352 e. The standard InChI is InChI=1S/C15H23FN2/c1-5-6-12(3)15(16)10-18-13(4)17-8-11(2)7-14(18)9-17/h7,14-15H,3-6,8-10H2,1-2H3. The van der Waals surface area contributed by atoms with Crippen LogP contribution < -0.4 is 0 Å². The number of alkyl halides is 1. The molecule has 3 heteroatoms. The van der Waals surface area contributed by atoms with Gasteiger partial charge in [0.25, 0.3) is 0 Å². The topological polar surface area (TPSA) is 6.48 Å². The lowest BCUT2D eigenvalue weighted by molar-refractivity contribution is 0.243. The summed E-state index contributed by atoms with van der Waals surface area (Å²) in [6, 6.07) is 0.291. The van der Waals surface area contributed by atoms with Gasteiger partial charge in [0, 0.05) is 13.1 Å². The molecule has 0 aromatic rings. The first-order valence-electron chi connectivity index (χ1n) is 6.72. The fraction of sp³-hybridized carbons (Fsp3) is 0.600. The van der Waals surface area contributed by atoms with Gasteiger partial charge in [-0.3, -0.25) is 0 Å². The van der Waals surface area contributed by atoms with Gasteiger partial charge in [0.15, 0.2) is 0 Å². The summed E-state index contributed by atoms with van der Waals surface area (Å²) in [6.07, 6.45) is 3.01. The van der Waals surface area contributed by atoms with Gasteiger partial charge in [-0.1, -0.05) is 38.2 Å². The Labute approximate surface area is 109 Å². The fourth-order valence-electron chi connectivity index (χ4n) is 2.80. The average molecular weight is 250 g/mol. The lowest BCUT2D eigenvalue weighted by Crippen LogP contribution is -2.34. The van der Waals surface area contributed by atoms with Gasteiger partial charge in [-0.05, 0) is 18.9 Å². The van der Waals surface area contributed by atoms with E-state index in [0.717, 1.165) is 31.8 Å². The third-order valence-electron chi connectivity index (χ3n) is 3.79. The first kappa shape index (κ1) is 13.2. The van der Waals surface area contributed by atoms with Crippen LogP contribution in [0.2, 0.25) is 0 Å². The molecule has 0 aliphatic carbocycles. The van der Waals surface area contributed by atoms with Crippen molar-refractivity contribution >= 4 is 0 Å². The van der Waals surface area contributed by atoms with Crippen LogP contribution in [-0.2, 0) is 0 Å². The summed E-state index contributed by atoms with van der Waals surface area (Å²) in [5, 5.41) is 0. The van der Waals surface area contributed by atoms with Crippen molar-refractivity contribution in [3.63, 3.8) is 0 Å².